The Balaban J connectivity index is 2.27. The summed E-state index contributed by atoms with van der Waals surface area (Å²) < 4.78 is 10.8. The fourth-order valence-corrected chi connectivity index (χ4v) is 2.64. The number of carbonyl (C=O) groups is 1. The van der Waals surface area contributed by atoms with Gasteiger partial charge in [0.05, 0.1) is 17.7 Å². The topological polar surface area (TPSA) is 76.8 Å². The van der Waals surface area contributed by atoms with Crippen molar-refractivity contribution in [2.75, 3.05) is 40.9 Å². The summed E-state index contributed by atoms with van der Waals surface area (Å²) in [6.07, 6.45) is 3.08. The molecule has 0 bridgehead atoms. The third-order valence-corrected chi connectivity index (χ3v) is 4.39. The number of ether oxygens (including phenoxy) is 2. The van der Waals surface area contributed by atoms with Gasteiger partial charge in [-0.05, 0) is 39.8 Å². The van der Waals surface area contributed by atoms with E-state index in [1.807, 2.05) is 6.92 Å². The molecule has 0 aromatic rings. The van der Waals surface area contributed by atoms with Crippen LogP contribution in [0.4, 0.5) is 0 Å². The number of methoxy groups -OCH3 is 2. The molecule has 3 unspecified atom stereocenters. The van der Waals surface area contributed by atoms with Crippen LogP contribution in [0.3, 0.4) is 0 Å². The first-order valence-electron chi connectivity index (χ1n) is 7.23. The molecule has 3 atom stereocenters. The molecule has 0 aromatic heterocycles. The molecule has 3 N–H and O–H groups in total. The van der Waals surface area contributed by atoms with Crippen molar-refractivity contribution in [3.63, 3.8) is 0 Å². The number of rotatable bonds is 9. The fourth-order valence-electron chi connectivity index (χ4n) is 2.64. The number of likely N-dealkylation sites (N-methyl/N-ethyl adjacent to an activating group) is 1. The lowest BCUT2D eigenvalue weighted by Gasteiger charge is -2.25. The number of hydrogen-bond acceptors (Lipinski definition) is 5. The van der Waals surface area contributed by atoms with Gasteiger partial charge in [-0.25, -0.2) is 0 Å². The summed E-state index contributed by atoms with van der Waals surface area (Å²) in [7, 11) is 5.23. The first-order valence-corrected chi connectivity index (χ1v) is 7.23. The standard InChI is InChI=1S/C14H29N3O3/c1-14(16-2,13(15)18)7-5-6-8-17-9-11(19-3)12(10-17)20-4/h11-12,16H,5-10H2,1-4H3,(H2,15,18). The maximum atomic E-state index is 11.4. The van der Waals surface area contributed by atoms with Gasteiger partial charge in [0.2, 0.25) is 5.91 Å². The Bertz CT molecular complexity index is 302. The lowest BCUT2D eigenvalue weighted by molar-refractivity contribution is -0.123. The van der Waals surface area contributed by atoms with Gasteiger partial charge in [0.1, 0.15) is 0 Å². The molecule has 1 rings (SSSR count). The van der Waals surface area contributed by atoms with Crippen molar-refractivity contribution in [3.8, 4) is 0 Å². The summed E-state index contributed by atoms with van der Waals surface area (Å²) in [6.45, 7) is 4.67. The fraction of sp³-hybridized carbons (Fsp3) is 0.929. The second-order valence-electron chi connectivity index (χ2n) is 5.71. The maximum Gasteiger partial charge on any atom is 0.237 e. The SMILES string of the molecule is CNC(C)(CCCCN1CC(OC)C(OC)C1)C(N)=O. The minimum absolute atomic E-state index is 0.160. The van der Waals surface area contributed by atoms with Gasteiger partial charge in [-0.3, -0.25) is 9.69 Å². The van der Waals surface area contributed by atoms with Gasteiger partial charge < -0.3 is 20.5 Å². The van der Waals surface area contributed by atoms with Crippen LogP contribution in [-0.2, 0) is 14.3 Å². The van der Waals surface area contributed by atoms with Gasteiger partial charge in [0.15, 0.2) is 0 Å². The number of hydrogen-bond donors (Lipinski definition) is 2. The van der Waals surface area contributed by atoms with Crippen molar-refractivity contribution in [1.82, 2.24) is 10.2 Å². The average molecular weight is 287 g/mol. The van der Waals surface area contributed by atoms with E-state index in [2.05, 4.69) is 10.2 Å². The smallest absolute Gasteiger partial charge is 0.237 e. The highest BCUT2D eigenvalue weighted by atomic mass is 16.5. The van der Waals surface area contributed by atoms with Crippen molar-refractivity contribution in [2.45, 2.75) is 43.9 Å². The van der Waals surface area contributed by atoms with Gasteiger partial charge in [-0.2, -0.15) is 0 Å². The van der Waals surface area contributed by atoms with Gasteiger partial charge in [0, 0.05) is 27.3 Å². The Morgan fingerprint density at radius 3 is 2.25 bits per heavy atom. The summed E-state index contributed by atoms with van der Waals surface area (Å²) in [6, 6.07) is 0. The van der Waals surface area contributed by atoms with Crippen LogP contribution in [0.1, 0.15) is 26.2 Å². The van der Waals surface area contributed by atoms with Crippen molar-refractivity contribution in [3.05, 3.63) is 0 Å². The normalized spacial score (nSPS) is 26.6. The number of unbranched alkanes of at least 4 members (excludes halogenated alkanes) is 1. The highest BCUT2D eigenvalue weighted by Crippen LogP contribution is 2.18. The summed E-state index contributed by atoms with van der Waals surface area (Å²) in [5, 5.41) is 3.01. The summed E-state index contributed by atoms with van der Waals surface area (Å²) >= 11 is 0. The molecule has 6 heteroatoms. The Morgan fingerprint density at radius 1 is 1.30 bits per heavy atom. The molecule has 0 spiro atoms. The first kappa shape index (κ1) is 17.4. The minimum atomic E-state index is -0.602. The molecule has 118 valence electrons. The van der Waals surface area contributed by atoms with Crippen LogP contribution >= 0.6 is 0 Å². The molecule has 6 nitrogen and oxygen atoms in total. The van der Waals surface area contributed by atoms with E-state index < -0.39 is 5.54 Å². The van der Waals surface area contributed by atoms with E-state index in [0.717, 1.165) is 38.9 Å². The van der Waals surface area contributed by atoms with Crippen molar-refractivity contribution in [2.24, 2.45) is 5.73 Å². The molecule has 0 saturated carbocycles. The van der Waals surface area contributed by atoms with E-state index in [1.165, 1.54) is 0 Å². The number of nitrogens with two attached hydrogens (primary N) is 1. The number of nitrogens with one attached hydrogen (secondary N) is 1. The lowest BCUT2D eigenvalue weighted by Crippen LogP contribution is -2.51. The Kier molecular flexibility index (Phi) is 6.88. The van der Waals surface area contributed by atoms with E-state index in [1.54, 1.807) is 21.3 Å². The van der Waals surface area contributed by atoms with Crippen LogP contribution in [0.2, 0.25) is 0 Å². The van der Waals surface area contributed by atoms with E-state index in [9.17, 15) is 4.79 Å². The quantitative estimate of drug-likeness (QED) is 0.582. The van der Waals surface area contributed by atoms with Crippen molar-refractivity contribution >= 4 is 5.91 Å². The molecule has 1 amide bonds. The van der Waals surface area contributed by atoms with Gasteiger partial charge >= 0.3 is 0 Å². The van der Waals surface area contributed by atoms with Crippen LogP contribution in [0.25, 0.3) is 0 Å². The molecule has 1 heterocycles. The van der Waals surface area contributed by atoms with Crippen molar-refractivity contribution < 1.29 is 14.3 Å². The lowest BCUT2D eigenvalue weighted by atomic mass is 9.94. The number of primary amides is 1. The van der Waals surface area contributed by atoms with Crippen LogP contribution in [0.5, 0.6) is 0 Å². The predicted molar refractivity (Wildman–Crippen MR) is 78.5 cm³/mol. The molecular formula is C14H29N3O3. The van der Waals surface area contributed by atoms with E-state index in [4.69, 9.17) is 15.2 Å². The Morgan fingerprint density at radius 2 is 1.85 bits per heavy atom. The van der Waals surface area contributed by atoms with Crippen LogP contribution in [0.15, 0.2) is 0 Å². The largest absolute Gasteiger partial charge is 0.377 e. The molecule has 1 fully saturated rings. The molecule has 1 aliphatic heterocycles. The third kappa shape index (κ3) is 4.41. The zero-order chi connectivity index (χ0) is 15.2. The second-order valence-corrected chi connectivity index (χ2v) is 5.71. The summed E-state index contributed by atoms with van der Waals surface area (Å²) in [4.78, 5) is 13.7. The highest BCUT2D eigenvalue weighted by Gasteiger charge is 2.33. The van der Waals surface area contributed by atoms with Crippen molar-refractivity contribution in [1.29, 1.82) is 0 Å². The first-order chi connectivity index (χ1) is 9.46. The second kappa shape index (κ2) is 7.93. The Hall–Kier alpha value is -0.690. The molecule has 1 aliphatic rings. The molecule has 1 saturated heterocycles. The van der Waals surface area contributed by atoms with E-state index in [0.29, 0.717) is 0 Å². The zero-order valence-electron chi connectivity index (χ0n) is 13.1. The summed E-state index contributed by atoms with van der Waals surface area (Å²) in [5.41, 5.74) is 4.81. The number of nitrogens with zero attached hydrogens (tertiary/aromatic N) is 1. The number of carbonyl (C=O) groups excluding carboxylic acids is 1. The van der Waals surface area contributed by atoms with Gasteiger partial charge in [-0.15, -0.1) is 0 Å². The number of amides is 1. The van der Waals surface area contributed by atoms with Crippen LogP contribution in [0, 0.1) is 0 Å². The Labute approximate surface area is 122 Å². The summed E-state index contributed by atoms with van der Waals surface area (Å²) in [5.74, 6) is -0.292. The zero-order valence-corrected chi connectivity index (χ0v) is 13.1. The third-order valence-electron chi connectivity index (χ3n) is 4.39. The molecule has 0 radical (unpaired) electrons. The highest BCUT2D eigenvalue weighted by molar-refractivity contribution is 5.84. The minimum Gasteiger partial charge on any atom is -0.377 e. The monoisotopic (exact) mass is 287 g/mol. The van der Waals surface area contributed by atoms with Gasteiger partial charge in [0.25, 0.3) is 0 Å². The molecule has 0 aliphatic carbocycles. The van der Waals surface area contributed by atoms with Gasteiger partial charge in [-0.1, -0.05) is 0 Å². The number of likely N-dealkylation sites (tertiary alicyclic amines) is 1. The average Bonchev–Trinajstić information content (AvgIpc) is 2.85. The molecule has 20 heavy (non-hydrogen) atoms. The molecular weight excluding hydrogens is 258 g/mol. The predicted octanol–water partition coefficient (Wildman–Crippen LogP) is -0.0343. The van der Waals surface area contributed by atoms with Crippen LogP contribution < -0.4 is 11.1 Å². The van der Waals surface area contributed by atoms with E-state index in [-0.39, 0.29) is 18.1 Å². The molecule has 0 aromatic carbocycles. The maximum absolute atomic E-state index is 11.4. The van der Waals surface area contributed by atoms with E-state index >= 15 is 0 Å². The van der Waals surface area contributed by atoms with Crippen LogP contribution in [-0.4, -0.2) is 69.5 Å².